The second-order valence-electron chi connectivity index (χ2n) is 7.08. The van der Waals surface area contributed by atoms with Crippen LogP contribution in [0.4, 0.5) is 0 Å². The number of benzene rings is 2. The fourth-order valence-electron chi connectivity index (χ4n) is 4.77. The Morgan fingerprint density at radius 1 is 0.917 bits per heavy atom. The highest BCUT2D eigenvalue weighted by atomic mass is 16.5. The second-order valence-corrected chi connectivity index (χ2v) is 7.08. The molecule has 24 heavy (non-hydrogen) atoms. The Morgan fingerprint density at radius 3 is 2.42 bits per heavy atom. The van der Waals surface area contributed by atoms with E-state index < -0.39 is 0 Å². The Bertz CT molecular complexity index is 728. The third-order valence-corrected chi connectivity index (χ3v) is 5.80. The number of likely N-dealkylation sites (N-methyl/N-ethyl adjacent to an activating group) is 1. The molecule has 2 aliphatic rings. The number of ether oxygens (including phenoxy) is 2. The molecule has 0 aromatic heterocycles. The molecule has 126 valence electrons. The van der Waals surface area contributed by atoms with Gasteiger partial charge in [-0.2, -0.15) is 0 Å². The molecule has 0 saturated carbocycles. The van der Waals surface area contributed by atoms with Gasteiger partial charge in [0.2, 0.25) is 0 Å². The summed E-state index contributed by atoms with van der Waals surface area (Å²) in [5.41, 5.74) is 4.23. The average molecular weight is 323 g/mol. The van der Waals surface area contributed by atoms with Crippen molar-refractivity contribution in [1.29, 1.82) is 0 Å². The first-order valence-corrected chi connectivity index (χ1v) is 8.70. The molecule has 2 aromatic rings. The molecule has 0 amide bonds. The first-order valence-electron chi connectivity index (χ1n) is 8.70. The lowest BCUT2D eigenvalue weighted by molar-refractivity contribution is 0.331. The third-order valence-electron chi connectivity index (χ3n) is 5.80. The third kappa shape index (κ3) is 2.39. The van der Waals surface area contributed by atoms with Gasteiger partial charge in [0, 0.05) is 24.6 Å². The minimum absolute atomic E-state index is 0.537. The number of fused-ring (bicyclic) bond motifs is 3. The summed E-state index contributed by atoms with van der Waals surface area (Å²) in [4.78, 5) is 2.47. The van der Waals surface area contributed by atoms with Crippen LogP contribution in [0.2, 0.25) is 0 Å². The number of rotatable bonds is 3. The highest BCUT2D eigenvalue weighted by Gasteiger charge is 2.43. The minimum atomic E-state index is 0.537. The fraction of sp³-hybridized carbons (Fsp3) is 0.429. The van der Waals surface area contributed by atoms with E-state index in [0.29, 0.717) is 17.8 Å². The van der Waals surface area contributed by atoms with Gasteiger partial charge in [-0.1, -0.05) is 36.4 Å². The van der Waals surface area contributed by atoms with Gasteiger partial charge in [0.25, 0.3) is 0 Å². The van der Waals surface area contributed by atoms with Gasteiger partial charge in [0.15, 0.2) is 11.5 Å². The van der Waals surface area contributed by atoms with Crippen molar-refractivity contribution in [3.05, 3.63) is 59.2 Å². The molecule has 3 atom stereocenters. The SMILES string of the molecule is COc1ccc2c(c1OC)CC(c1ccccc1)[C@H]1CN(C)C[C@@H]21. The predicted octanol–water partition coefficient (Wildman–Crippen LogP) is 3.69. The molecule has 2 aromatic carbocycles. The molecule has 1 aliphatic heterocycles. The van der Waals surface area contributed by atoms with Crippen LogP contribution < -0.4 is 9.47 Å². The van der Waals surface area contributed by atoms with Gasteiger partial charge in [-0.3, -0.25) is 0 Å². The largest absolute Gasteiger partial charge is 0.493 e. The quantitative estimate of drug-likeness (QED) is 0.860. The number of hydrogen-bond donors (Lipinski definition) is 0. The first kappa shape index (κ1) is 15.5. The highest BCUT2D eigenvalue weighted by Crippen LogP contribution is 2.51. The predicted molar refractivity (Wildman–Crippen MR) is 96.2 cm³/mol. The van der Waals surface area contributed by atoms with E-state index in [1.807, 2.05) is 0 Å². The van der Waals surface area contributed by atoms with Gasteiger partial charge in [-0.25, -0.2) is 0 Å². The summed E-state index contributed by atoms with van der Waals surface area (Å²) < 4.78 is 11.3. The van der Waals surface area contributed by atoms with Crippen LogP contribution in [-0.2, 0) is 6.42 Å². The van der Waals surface area contributed by atoms with Crippen LogP contribution in [0.1, 0.15) is 28.5 Å². The van der Waals surface area contributed by atoms with Crippen molar-refractivity contribution in [2.75, 3.05) is 34.4 Å². The first-order chi connectivity index (χ1) is 11.7. The molecule has 1 unspecified atom stereocenters. The smallest absolute Gasteiger partial charge is 0.164 e. The molecule has 1 heterocycles. The molecule has 1 aliphatic carbocycles. The lowest BCUT2D eigenvalue weighted by atomic mass is 9.68. The monoisotopic (exact) mass is 323 g/mol. The van der Waals surface area contributed by atoms with E-state index in [-0.39, 0.29) is 0 Å². The molecule has 1 saturated heterocycles. The summed E-state index contributed by atoms with van der Waals surface area (Å²) >= 11 is 0. The number of hydrogen-bond acceptors (Lipinski definition) is 3. The van der Waals surface area contributed by atoms with Crippen molar-refractivity contribution in [2.24, 2.45) is 5.92 Å². The summed E-state index contributed by atoms with van der Waals surface area (Å²) in [6.07, 6.45) is 1.02. The molecule has 4 rings (SSSR count). The van der Waals surface area contributed by atoms with Crippen LogP contribution in [0.3, 0.4) is 0 Å². The van der Waals surface area contributed by atoms with Crippen LogP contribution in [0.5, 0.6) is 11.5 Å². The Kier molecular flexibility index (Phi) is 3.97. The molecule has 0 spiro atoms. The second kappa shape index (κ2) is 6.14. The van der Waals surface area contributed by atoms with Crippen molar-refractivity contribution < 1.29 is 9.47 Å². The van der Waals surface area contributed by atoms with Crippen molar-refractivity contribution in [2.45, 2.75) is 18.3 Å². The summed E-state index contributed by atoms with van der Waals surface area (Å²) in [5.74, 6) is 3.54. The molecular formula is C21H25NO2. The molecular weight excluding hydrogens is 298 g/mol. The molecule has 3 heteroatoms. The fourth-order valence-corrected chi connectivity index (χ4v) is 4.77. The van der Waals surface area contributed by atoms with Gasteiger partial charge in [-0.15, -0.1) is 0 Å². The Labute approximate surface area is 144 Å². The van der Waals surface area contributed by atoms with E-state index in [9.17, 15) is 0 Å². The van der Waals surface area contributed by atoms with Gasteiger partial charge in [0.1, 0.15) is 0 Å². The molecule has 3 nitrogen and oxygen atoms in total. The summed E-state index contributed by atoms with van der Waals surface area (Å²) in [6, 6.07) is 15.3. The summed E-state index contributed by atoms with van der Waals surface area (Å²) in [5, 5.41) is 0. The van der Waals surface area contributed by atoms with Gasteiger partial charge in [0.05, 0.1) is 14.2 Å². The van der Waals surface area contributed by atoms with Gasteiger partial charge < -0.3 is 14.4 Å². The normalized spacial score (nSPS) is 25.9. The lowest BCUT2D eigenvalue weighted by Gasteiger charge is -2.36. The van der Waals surface area contributed by atoms with Crippen molar-refractivity contribution in [3.8, 4) is 11.5 Å². The van der Waals surface area contributed by atoms with Crippen molar-refractivity contribution in [3.63, 3.8) is 0 Å². The van der Waals surface area contributed by atoms with E-state index in [4.69, 9.17) is 9.47 Å². The van der Waals surface area contributed by atoms with Crippen LogP contribution in [0.15, 0.2) is 42.5 Å². The maximum absolute atomic E-state index is 5.76. The van der Waals surface area contributed by atoms with Gasteiger partial charge in [-0.05, 0) is 42.5 Å². The average Bonchev–Trinajstić information content (AvgIpc) is 3.02. The van der Waals surface area contributed by atoms with Gasteiger partial charge >= 0.3 is 0 Å². The minimum Gasteiger partial charge on any atom is -0.493 e. The summed E-state index contributed by atoms with van der Waals surface area (Å²) in [7, 11) is 5.71. The van der Waals surface area contributed by atoms with E-state index >= 15 is 0 Å². The van der Waals surface area contributed by atoms with Crippen LogP contribution in [0, 0.1) is 5.92 Å². The zero-order chi connectivity index (χ0) is 16.7. The molecule has 0 N–H and O–H groups in total. The van der Waals surface area contributed by atoms with E-state index in [2.05, 4.69) is 54.4 Å². The number of nitrogens with zero attached hydrogens (tertiary/aromatic N) is 1. The number of likely N-dealkylation sites (tertiary alicyclic amines) is 1. The maximum atomic E-state index is 5.76. The molecule has 1 fully saturated rings. The molecule has 0 bridgehead atoms. The van der Waals surface area contributed by atoms with Crippen LogP contribution in [0.25, 0.3) is 0 Å². The summed E-state index contributed by atoms with van der Waals surface area (Å²) in [6.45, 7) is 2.29. The topological polar surface area (TPSA) is 21.7 Å². The van der Waals surface area contributed by atoms with Crippen molar-refractivity contribution in [1.82, 2.24) is 4.90 Å². The zero-order valence-corrected chi connectivity index (χ0v) is 14.7. The van der Waals surface area contributed by atoms with E-state index in [0.717, 1.165) is 31.0 Å². The van der Waals surface area contributed by atoms with Crippen molar-refractivity contribution >= 4 is 0 Å². The number of methoxy groups -OCH3 is 2. The highest BCUT2D eigenvalue weighted by molar-refractivity contribution is 5.55. The van der Waals surface area contributed by atoms with E-state index in [1.54, 1.807) is 14.2 Å². The Morgan fingerprint density at radius 2 is 1.71 bits per heavy atom. The Hall–Kier alpha value is -2.00. The Balaban J connectivity index is 1.84. The van der Waals surface area contributed by atoms with Crippen LogP contribution >= 0.6 is 0 Å². The molecule has 0 radical (unpaired) electrons. The lowest BCUT2D eigenvalue weighted by Crippen LogP contribution is -2.28. The van der Waals surface area contributed by atoms with Crippen LogP contribution in [-0.4, -0.2) is 39.3 Å². The van der Waals surface area contributed by atoms with E-state index in [1.165, 1.54) is 16.7 Å². The zero-order valence-electron chi connectivity index (χ0n) is 14.7. The maximum Gasteiger partial charge on any atom is 0.164 e. The standard InChI is InChI=1S/C21H25NO2/c1-22-12-18-15-9-10-20(23-2)21(24-3)17(15)11-16(19(18)13-22)14-7-5-4-6-8-14/h4-10,16,18-19H,11-13H2,1-3H3/t16?,18-,19+/m0/s1.